The monoisotopic (exact) mass is 504 g/mol. The first-order chi connectivity index (χ1) is 15.5. The molecule has 5 rings (SSSR count). The van der Waals surface area contributed by atoms with Crippen LogP contribution in [0, 0.1) is 5.41 Å². The van der Waals surface area contributed by atoms with E-state index < -0.39 is 29.6 Å². The zero-order valence-corrected chi connectivity index (χ0v) is 19.6. The second-order valence-corrected chi connectivity index (χ2v) is 11.8. The highest BCUT2D eigenvalue weighted by molar-refractivity contribution is 8.02. The summed E-state index contributed by atoms with van der Waals surface area (Å²) < 4.78 is 8.61. The summed E-state index contributed by atoms with van der Waals surface area (Å²) in [6, 6.07) is 15.4. The van der Waals surface area contributed by atoms with Gasteiger partial charge in [-0.15, -0.1) is 22.7 Å². The lowest BCUT2D eigenvalue weighted by molar-refractivity contribution is -0.159. The third-order valence-electron chi connectivity index (χ3n) is 5.23. The number of para-hydroxylation sites is 2. The molecule has 11 heteroatoms. The van der Waals surface area contributed by atoms with Gasteiger partial charge < -0.3 is 14.9 Å². The number of aliphatic hydroxyl groups is 1. The number of carboxylic acid groups (broad SMARTS) is 1. The Morgan fingerprint density at radius 1 is 0.969 bits per heavy atom. The number of hydrogen-bond donors (Lipinski definition) is 2. The van der Waals surface area contributed by atoms with Gasteiger partial charge in [-0.2, -0.15) is 0 Å². The van der Waals surface area contributed by atoms with Crippen molar-refractivity contribution in [3.05, 3.63) is 48.5 Å². The molecule has 1 aliphatic heterocycles. The first-order valence-corrected chi connectivity index (χ1v) is 13.1. The highest BCUT2D eigenvalue weighted by Crippen LogP contribution is 2.46. The molecule has 1 aliphatic rings. The molecule has 1 saturated heterocycles. The standard InChI is InChI=1S/C21H16N2O5S4/c24-15-18(27)28-16(17(25)26)21(15,9-29-19-22-11-5-1-3-7-13(11)31-19)10-30-20-23-12-6-2-4-8-14(12)32-20/h1-8,15-16,24H,9-10H2,(H,25,26). The molecule has 3 heterocycles. The summed E-state index contributed by atoms with van der Waals surface area (Å²) in [5.41, 5.74) is 0.382. The largest absolute Gasteiger partial charge is 0.478 e. The van der Waals surface area contributed by atoms with E-state index >= 15 is 0 Å². The van der Waals surface area contributed by atoms with E-state index in [-0.39, 0.29) is 11.5 Å². The number of ether oxygens (including phenoxy) is 1. The van der Waals surface area contributed by atoms with Crippen LogP contribution in [-0.2, 0) is 14.3 Å². The summed E-state index contributed by atoms with van der Waals surface area (Å²) in [6.07, 6.45) is -3.00. The van der Waals surface area contributed by atoms with Crippen molar-refractivity contribution in [2.45, 2.75) is 20.9 Å². The van der Waals surface area contributed by atoms with Gasteiger partial charge in [0.15, 0.2) is 14.8 Å². The summed E-state index contributed by atoms with van der Waals surface area (Å²) in [5, 5.41) is 20.5. The van der Waals surface area contributed by atoms with Crippen molar-refractivity contribution in [3.8, 4) is 0 Å². The molecule has 164 valence electrons. The van der Waals surface area contributed by atoms with E-state index in [1.54, 1.807) is 0 Å². The lowest BCUT2D eigenvalue weighted by atomic mass is 9.82. The second kappa shape index (κ2) is 8.64. The molecule has 2 unspecified atom stereocenters. The molecule has 2 aromatic heterocycles. The molecule has 7 nitrogen and oxygen atoms in total. The number of esters is 1. The van der Waals surface area contributed by atoms with E-state index in [2.05, 4.69) is 9.97 Å². The summed E-state index contributed by atoms with van der Waals surface area (Å²) in [5.74, 6) is -1.86. The van der Waals surface area contributed by atoms with Gasteiger partial charge in [-0.3, -0.25) is 0 Å². The van der Waals surface area contributed by atoms with Crippen molar-refractivity contribution in [2.75, 3.05) is 11.5 Å². The van der Waals surface area contributed by atoms with Gasteiger partial charge in [0.25, 0.3) is 0 Å². The Morgan fingerprint density at radius 3 is 1.94 bits per heavy atom. The molecule has 0 amide bonds. The summed E-state index contributed by atoms with van der Waals surface area (Å²) >= 11 is 5.64. The third-order valence-corrected chi connectivity index (χ3v) is 10.1. The molecule has 2 atom stereocenters. The van der Waals surface area contributed by atoms with E-state index in [1.807, 2.05) is 48.5 Å². The van der Waals surface area contributed by atoms with Crippen molar-refractivity contribution in [1.29, 1.82) is 0 Å². The van der Waals surface area contributed by atoms with Crippen LogP contribution < -0.4 is 0 Å². The van der Waals surface area contributed by atoms with Crippen LogP contribution in [0.1, 0.15) is 0 Å². The van der Waals surface area contributed by atoms with Gasteiger partial charge in [0.2, 0.25) is 6.10 Å². The number of benzene rings is 2. The number of hydrogen-bond acceptors (Lipinski definition) is 10. The number of thiazole rings is 2. The van der Waals surface area contributed by atoms with Gasteiger partial charge in [0.1, 0.15) is 0 Å². The van der Waals surface area contributed by atoms with Crippen molar-refractivity contribution < 1.29 is 24.5 Å². The van der Waals surface area contributed by atoms with E-state index in [9.17, 15) is 19.8 Å². The highest BCUT2D eigenvalue weighted by Gasteiger charge is 2.60. The van der Waals surface area contributed by atoms with Crippen molar-refractivity contribution in [2.24, 2.45) is 5.41 Å². The van der Waals surface area contributed by atoms with Gasteiger partial charge >= 0.3 is 11.9 Å². The minimum Gasteiger partial charge on any atom is -0.478 e. The van der Waals surface area contributed by atoms with Crippen molar-refractivity contribution >= 4 is 78.6 Å². The molecule has 0 saturated carbocycles. The summed E-state index contributed by atoms with van der Waals surface area (Å²) in [7, 11) is 0. The number of carboxylic acids is 1. The Hall–Kier alpha value is -2.18. The normalized spacial score (nSPS) is 20.1. The van der Waals surface area contributed by atoms with Gasteiger partial charge in [0.05, 0.1) is 25.8 Å². The fourth-order valence-corrected chi connectivity index (χ4v) is 8.36. The molecule has 4 aromatic rings. The number of carbonyl (C=O) groups excluding carboxylic acids is 1. The van der Waals surface area contributed by atoms with Crippen molar-refractivity contribution in [1.82, 2.24) is 9.97 Å². The van der Waals surface area contributed by atoms with Gasteiger partial charge in [0, 0.05) is 11.5 Å². The van der Waals surface area contributed by atoms with Crippen LogP contribution in [0.25, 0.3) is 20.4 Å². The third kappa shape index (κ3) is 3.88. The first kappa shape index (κ1) is 21.7. The predicted octanol–water partition coefficient (Wildman–Crippen LogP) is 4.15. The molecular weight excluding hydrogens is 489 g/mol. The Kier molecular flexibility index (Phi) is 5.84. The van der Waals surface area contributed by atoms with Crippen LogP contribution in [0.4, 0.5) is 0 Å². The van der Waals surface area contributed by atoms with E-state index in [0.29, 0.717) is 0 Å². The highest BCUT2D eigenvalue weighted by atomic mass is 32.2. The number of aliphatic hydroxyl groups excluding tert-OH is 1. The predicted molar refractivity (Wildman–Crippen MR) is 127 cm³/mol. The van der Waals surface area contributed by atoms with Crippen LogP contribution in [0.3, 0.4) is 0 Å². The average molecular weight is 505 g/mol. The maximum atomic E-state index is 12.2. The molecule has 0 radical (unpaired) electrons. The smallest absolute Gasteiger partial charge is 0.345 e. The fraction of sp³-hybridized carbons (Fsp3) is 0.238. The number of rotatable bonds is 7. The Morgan fingerprint density at radius 2 is 1.47 bits per heavy atom. The Labute approximate surface area is 198 Å². The van der Waals surface area contributed by atoms with Crippen LogP contribution in [-0.4, -0.2) is 55.8 Å². The van der Waals surface area contributed by atoms with Gasteiger partial charge in [-0.05, 0) is 24.3 Å². The quantitative estimate of drug-likeness (QED) is 0.283. The maximum Gasteiger partial charge on any atom is 0.345 e. The Bertz CT molecular complexity index is 1180. The maximum absolute atomic E-state index is 12.2. The van der Waals surface area contributed by atoms with Crippen molar-refractivity contribution in [3.63, 3.8) is 0 Å². The van der Waals surface area contributed by atoms with E-state index in [4.69, 9.17) is 4.74 Å². The lowest BCUT2D eigenvalue weighted by Crippen LogP contribution is -2.48. The van der Waals surface area contributed by atoms with Gasteiger partial charge in [-0.1, -0.05) is 47.8 Å². The first-order valence-electron chi connectivity index (χ1n) is 9.54. The molecule has 2 aromatic carbocycles. The Balaban J connectivity index is 1.43. The zero-order valence-electron chi connectivity index (χ0n) is 16.3. The number of aromatic nitrogens is 2. The van der Waals surface area contributed by atoms with Crippen LogP contribution in [0.15, 0.2) is 57.2 Å². The second-order valence-electron chi connectivity index (χ2n) is 7.26. The molecule has 0 bridgehead atoms. The molecule has 32 heavy (non-hydrogen) atoms. The molecule has 1 fully saturated rings. The average Bonchev–Trinajstić information content (AvgIpc) is 3.46. The molecule has 0 aliphatic carbocycles. The lowest BCUT2D eigenvalue weighted by Gasteiger charge is -2.31. The number of fused-ring (bicyclic) bond motifs is 2. The summed E-state index contributed by atoms with van der Waals surface area (Å²) in [4.78, 5) is 33.4. The number of thioether (sulfide) groups is 2. The van der Waals surface area contributed by atoms with Crippen LogP contribution in [0.5, 0.6) is 0 Å². The minimum absolute atomic E-state index is 0.161. The van der Waals surface area contributed by atoms with Gasteiger partial charge in [-0.25, -0.2) is 19.6 Å². The molecule has 2 N–H and O–H groups in total. The topological polar surface area (TPSA) is 110 Å². The van der Waals surface area contributed by atoms with E-state index in [1.165, 1.54) is 46.2 Å². The summed E-state index contributed by atoms with van der Waals surface area (Å²) in [6.45, 7) is 0. The zero-order chi connectivity index (χ0) is 22.3. The molecular formula is C21H16N2O5S4. The number of nitrogens with zero attached hydrogens (tertiary/aromatic N) is 2. The number of aliphatic carboxylic acids is 1. The molecule has 0 spiro atoms. The van der Waals surface area contributed by atoms with Crippen LogP contribution >= 0.6 is 46.2 Å². The fourth-order valence-electron chi connectivity index (χ4n) is 3.54. The number of cyclic esters (lactones) is 1. The number of carbonyl (C=O) groups is 2. The van der Waals surface area contributed by atoms with Crippen LogP contribution in [0.2, 0.25) is 0 Å². The SMILES string of the molecule is O=C1OC(C(=O)O)C(CSc2nc3ccccc3s2)(CSc2nc3ccccc3s2)C1O. The minimum atomic E-state index is -1.55. The van der Waals surface area contributed by atoms with E-state index in [0.717, 1.165) is 29.1 Å².